The summed E-state index contributed by atoms with van der Waals surface area (Å²) in [4.78, 5) is 0. The molecule has 2 aromatic rings. The average Bonchev–Trinajstić information content (AvgIpc) is 2.67. The van der Waals surface area contributed by atoms with Crippen molar-refractivity contribution in [2.75, 3.05) is 11.9 Å². The average molecular weight is 356 g/mol. The van der Waals surface area contributed by atoms with Crippen molar-refractivity contribution in [1.29, 1.82) is 0 Å². The summed E-state index contributed by atoms with van der Waals surface area (Å²) in [5.74, 6) is 1.88. The molecule has 0 bridgehead atoms. The molecule has 2 rings (SSSR count). The van der Waals surface area contributed by atoms with Gasteiger partial charge in [0.2, 0.25) is 0 Å². The molecule has 1 N–H and O–H groups in total. The molecule has 0 aromatic heterocycles. The summed E-state index contributed by atoms with van der Waals surface area (Å²) in [7, 11) is 0. The Morgan fingerprint density at radius 1 is 0.962 bits per heavy atom. The minimum atomic E-state index is 0.229. The van der Waals surface area contributed by atoms with Gasteiger partial charge in [-0.2, -0.15) is 0 Å². The van der Waals surface area contributed by atoms with Gasteiger partial charge in [-0.3, -0.25) is 0 Å². The second-order valence-corrected chi connectivity index (χ2v) is 6.73. The van der Waals surface area contributed by atoms with Crippen LogP contribution in [0.4, 0.5) is 5.69 Å². The summed E-state index contributed by atoms with van der Waals surface area (Å²) in [5, 5.41) is 3.48. The lowest BCUT2D eigenvalue weighted by Gasteiger charge is -2.15. The highest BCUT2D eigenvalue weighted by Crippen LogP contribution is 2.23. The fraction of sp³-hybridized carbons (Fsp3) is 0.478. The van der Waals surface area contributed by atoms with E-state index in [2.05, 4.69) is 56.4 Å². The molecule has 0 saturated heterocycles. The summed E-state index contributed by atoms with van der Waals surface area (Å²) < 4.78 is 11.9. The minimum absolute atomic E-state index is 0.229. The number of nitrogens with one attached hydrogen (secondary N) is 1. The third kappa shape index (κ3) is 6.99. The molecule has 0 fully saturated rings. The van der Waals surface area contributed by atoms with E-state index >= 15 is 0 Å². The van der Waals surface area contributed by atoms with Gasteiger partial charge in [0.25, 0.3) is 0 Å². The van der Waals surface area contributed by atoms with Gasteiger partial charge in [-0.1, -0.05) is 57.4 Å². The van der Waals surface area contributed by atoms with E-state index in [1.54, 1.807) is 0 Å². The summed E-state index contributed by atoms with van der Waals surface area (Å²) in [6.07, 6.45) is 6.11. The number of rotatable bonds is 12. The van der Waals surface area contributed by atoms with Gasteiger partial charge in [-0.15, -0.1) is 0 Å². The predicted molar refractivity (Wildman–Crippen MR) is 110 cm³/mol. The summed E-state index contributed by atoms with van der Waals surface area (Å²) in [5.41, 5.74) is 2.24. The molecule has 0 aliphatic rings. The molecular weight excluding hydrogens is 322 g/mol. The molecule has 0 aliphatic carbocycles. The molecule has 0 unspecified atom stereocenters. The Hall–Kier alpha value is -2.16. The lowest BCUT2D eigenvalue weighted by molar-refractivity contribution is 0.217. The van der Waals surface area contributed by atoms with E-state index in [9.17, 15) is 0 Å². The fourth-order valence-electron chi connectivity index (χ4n) is 2.69. The maximum absolute atomic E-state index is 6.00. The number of benzene rings is 2. The van der Waals surface area contributed by atoms with Crippen molar-refractivity contribution in [1.82, 2.24) is 0 Å². The van der Waals surface area contributed by atoms with Gasteiger partial charge < -0.3 is 14.8 Å². The Labute approximate surface area is 158 Å². The van der Waals surface area contributed by atoms with Crippen LogP contribution >= 0.6 is 0 Å². The Kier molecular flexibility index (Phi) is 8.88. The molecule has 26 heavy (non-hydrogen) atoms. The number of hydrogen-bond donors (Lipinski definition) is 1. The molecule has 0 saturated carbocycles. The van der Waals surface area contributed by atoms with E-state index in [0.29, 0.717) is 0 Å². The Morgan fingerprint density at radius 2 is 1.81 bits per heavy atom. The first-order chi connectivity index (χ1) is 12.7. The first-order valence-electron chi connectivity index (χ1n) is 9.94. The predicted octanol–water partition coefficient (Wildman–Crippen LogP) is 6.44. The van der Waals surface area contributed by atoms with E-state index in [1.165, 1.54) is 24.8 Å². The van der Waals surface area contributed by atoms with Crippen molar-refractivity contribution in [2.45, 2.75) is 65.5 Å². The zero-order valence-electron chi connectivity index (χ0n) is 16.5. The highest BCUT2D eigenvalue weighted by atomic mass is 16.5. The monoisotopic (exact) mass is 355 g/mol. The van der Waals surface area contributed by atoms with E-state index < -0.39 is 0 Å². The van der Waals surface area contributed by atoms with Crippen molar-refractivity contribution in [3.8, 4) is 11.5 Å². The van der Waals surface area contributed by atoms with Gasteiger partial charge in [-0.25, -0.2) is 0 Å². The van der Waals surface area contributed by atoms with E-state index in [1.807, 2.05) is 18.2 Å². The lowest BCUT2D eigenvalue weighted by Crippen LogP contribution is -2.10. The molecule has 3 nitrogen and oxygen atoms in total. The molecular formula is C23H33NO2. The molecule has 0 heterocycles. The third-order valence-electron chi connectivity index (χ3n) is 4.46. The van der Waals surface area contributed by atoms with Crippen molar-refractivity contribution in [3.63, 3.8) is 0 Å². The maximum atomic E-state index is 6.00. The first kappa shape index (κ1) is 20.2. The van der Waals surface area contributed by atoms with Crippen LogP contribution in [0.3, 0.4) is 0 Å². The van der Waals surface area contributed by atoms with Gasteiger partial charge in [0.05, 0.1) is 12.7 Å². The second-order valence-electron chi connectivity index (χ2n) is 6.73. The Bertz CT molecular complexity index is 642. The van der Waals surface area contributed by atoms with Crippen LogP contribution in [0.1, 0.15) is 58.4 Å². The standard InChI is InChI=1S/C23H33NO2/c1-4-6-7-10-16-25-23-15-9-8-12-20(23)18-24-21-13-11-14-22(17-21)26-19(3)5-2/h8-9,11-15,17,19,24H,4-7,10,16,18H2,1-3H3/t19-/m1/s1. The number of hydrogen-bond acceptors (Lipinski definition) is 3. The smallest absolute Gasteiger partial charge is 0.124 e. The van der Waals surface area contributed by atoms with Crippen molar-refractivity contribution >= 4 is 5.69 Å². The maximum Gasteiger partial charge on any atom is 0.124 e. The van der Waals surface area contributed by atoms with Gasteiger partial charge in [-0.05, 0) is 38.0 Å². The van der Waals surface area contributed by atoms with Crippen LogP contribution in [-0.4, -0.2) is 12.7 Å². The van der Waals surface area contributed by atoms with Crippen LogP contribution in [0.5, 0.6) is 11.5 Å². The topological polar surface area (TPSA) is 30.5 Å². The molecule has 1 atom stereocenters. The Balaban J connectivity index is 1.90. The molecule has 0 amide bonds. The zero-order chi connectivity index (χ0) is 18.6. The van der Waals surface area contributed by atoms with E-state index in [4.69, 9.17) is 9.47 Å². The summed E-state index contributed by atoms with van der Waals surface area (Å²) >= 11 is 0. The summed E-state index contributed by atoms with van der Waals surface area (Å²) in [6, 6.07) is 16.4. The largest absolute Gasteiger partial charge is 0.493 e. The molecule has 0 aliphatic heterocycles. The number of para-hydroxylation sites is 1. The minimum Gasteiger partial charge on any atom is -0.493 e. The summed E-state index contributed by atoms with van der Waals surface area (Å²) in [6.45, 7) is 7.97. The van der Waals surface area contributed by atoms with Gasteiger partial charge in [0, 0.05) is 23.9 Å². The van der Waals surface area contributed by atoms with Crippen molar-refractivity contribution in [2.24, 2.45) is 0 Å². The molecule has 142 valence electrons. The van der Waals surface area contributed by atoms with Crippen molar-refractivity contribution < 1.29 is 9.47 Å². The number of ether oxygens (including phenoxy) is 2. The number of unbranched alkanes of at least 4 members (excludes halogenated alkanes) is 3. The third-order valence-corrected chi connectivity index (χ3v) is 4.46. The highest BCUT2D eigenvalue weighted by Gasteiger charge is 2.05. The van der Waals surface area contributed by atoms with Crippen LogP contribution in [0.25, 0.3) is 0 Å². The lowest BCUT2D eigenvalue weighted by atomic mass is 10.2. The SMILES string of the molecule is CCCCCCOc1ccccc1CNc1cccc(O[C@H](C)CC)c1. The normalized spacial score (nSPS) is 11.8. The molecule has 0 radical (unpaired) electrons. The number of anilines is 1. The fourth-order valence-corrected chi connectivity index (χ4v) is 2.69. The second kappa shape index (κ2) is 11.5. The quantitative estimate of drug-likeness (QED) is 0.445. The first-order valence-corrected chi connectivity index (χ1v) is 9.94. The van der Waals surface area contributed by atoms with Crippen molar-refractivity contribution in [3.05, 3.63) is 54.1 Å². The van der Waals surface area contributed by atoms with Gasteiger partial charge in [0.1, 0.15) is 11.5 Å². The molecule has 0 spiro atoms. The van der Waals surface area contributed by atoms with Crippen LogP contribution in [0.15, 0.2) is 48.5 Å². The van der Waals surface area contributed by atoms with Gasteiger partial charge in [0.15, 0.2) is 0 Å². The molecule has 3 heteroatoms. The van der Waals surface area contributed by atoms with E-state index in [-0.39, 0.29) is 6.10 Å². The van der Waals surface area contributed by atoms with E-state index in [0.717, 1.165) is 43.2 Å². The van der Waals surface area contributed by atoms with Crippen LogP contribution < -0.4 is 14.8 Å². The van der Waals surface area contributed by atoms with Crippen LogP contribution in [-0.2, 0) is 6.54 Å². The Morgan fingerprint density at radius 3 is 2.62 bits per heavy atom. The molecule has 2 aromatic carbocycles. The van der Waals surface area contributed by atoms with Crippen LogP contribution in [0.2, 0.25) is 0 Å². The van der Waals surface area contributed by atoms with Crippen LogP contribution in [0, 0.1) is 0 Å². The zero-order valence-corrected chi connectivity index (χ0v) is 16.5. The van der Waals surface area contributed by atoms with Gasteiger partial charge >= 0.3 is 0 Å². The highest BCUT2D eigenvalue weighted by molar-refractivity contribution is 5.49.